The molecule has 122 valence electrons. The molecule has 1 aromatic rings. The van der Waals surface area contributed by atoms with Crippen LogP contribution in [0, 0.1) is 13.8 Å². The fraction of sp³-hybridized carbons (Fsp3) is 0.353. The van der Waals surface area contributed by atoms with Crippen LogP contribution in [-0.2, 0) is 9.59 Å². The number of benzene rings is 1. The van der Waals surface area contributed by atoms with Crippen LogP contribution in [-0.4, -0.2) is 52.6 Å². The number of phenolic OH excluding ortho intramolecular Hbond substituents is 1. The van der Waals surface area contributed by atoms with E-state index in [0.29, 0.717) is 16.9 Å². The highest BCUT2D eigenvalue weighted by Crippen LogP contribution is 2.28. The molecule has 1 aliphatic carbocycles. The number of likely N-dealkylation sites (N-methyl/N-ethyl adjacent to an activating group) is 1. The summed E-state index contributed by atoms with van der Waals surface area (Å²) in [5, 5.41) is 18.6. The van der Waals surface area contributed by atoms with Crippen LogP contribution in [0.2, 0.25) is 0 Å². The molecule has 1 aliphatic rings. The summed E-state index contributed by atoms with van der Waals surface area (Å²) in [6, 6.07) is 3.27. The lowest BCUT2D eigenvalue weighted by Gasteiger charge is -2.23. The lowest BCUT2D eigenvalue weighted by atomic mass is 9.98. The smallest absolute Gasteiger partial charge is 0.202 e. The second kappa shape index (κ2) is 6.75. The van der Waals surface area contributed by atoms with Crippen LogP contribution in [0.3, 0.4) is 0 Å². The standard InChI is InChI=1S/C17H20N2O4/c1-10-7-15(21)11(2)6-12(10)18-13-8-17(23)14(9-16(13)22)19(3)4-5-20/h6-7,9,20-21H,4-5,8H2,1-3H3. The van der Waals surface area contributed by atoms with Crippen molar-refractivity contribution >= 4 is 23.0 Å². The molecule has 0 aliphatic heterocycles. The minimum absolute atomic E-state index is 0.0696. The number of allylic oxidation sites excluding steroid dienone is 2. The summed E-state index contributed by atoms with van der Waals surface area (Å²) >= 11 is 0. The average molecular weight is 316 g/mol. The largest absolute Gasteiger partial charge is 0.508 e. The molecule has 0 saturated heterocycles. The van der Waals surface area contributed by atoms with E-state index in [-0.39, 0.29) is 42.6 Å². The first kappa shape index (κ1) is 16.9. The number of phenols is 1. The first-order valence-corrected chi connectivity index (χ1v) is 7.32. The van der Waals surface area contributed by atoms with E-state index in [1.807, 2.05) is 0 Å². The number of hydrogen-bond acceptors (Lipinski definition) is 6. The predicted molar refractivity (Wildman–Crippen MR) is 87.1 cm³/mol. The monoisotopic (exact) mass is 316 g/mol. The van der Waals surface area contributed by atoms with Crippen molar-refractivity contribution in [3.8, 4) is 5.75 Å². The maximum atomic E-state index is 12.2. The van der Waals surface area contributed by atoms with Gasteiger partial charge >= 0.3 is 0 Å². The van der Waals surface area contributed by atoms with E-state index in [2.05, 4.69) is 4.99 Å². The Labute approximate surface area is 134 Å². The van der Waals surface area contributed by atoms with Crippen molar-refractivity contribution < 1.29 is 19.8 Å². The van der Waals surface area contributed by atoms with E-state index in [1.165, 1.54) is 6.08 Å². The van der Waals surface area contributed by atoms with Gasteiger partial charge in [0.1, 0.15) is 5.75 Å². The molecule has 0 saturated carbocycles. The summed E-state index contributed by atoms with van der Waals surface area (Å²) in [5.74, 6) is -0.340. The summed E-state index contributed by atoms with van der Waals surface area (Å²) in [6.07, 6.45) is 1.20. The third-order valence-corrected chi connectivity index (χ3v) is 3.78. The summed E-state index contributed by atoms with van der Waals surface area (Å²) in [4.78, 5) is 30.3. The molecule has 2 N–H and O–H groups in total. The first-order chi connectivity index (χ1) is 10.8. The van der Waals surface area contributed by atoms with Crippen LogP contribution in [0.25, 0.3) is 0 Å². The van der Waals surface area contributed by atoms with E-state index >= 15 is 0 Å². The number of nitrogens with zero attached hydrogens (tertiary/aromatic N) is 2. The van der Waals surface area contributed by atoms with Gasteiger partial charge in [-0.2, -0.15) is 0 Å². The van der Waals surface area contributed by atoms with Crippen LogP contribution in [0.15, 0.2) is 28.9 Å². The van der Waals surface area contributed by atoms with Gasteiger partial charge in [0, 0.05) is 19.7 Å². The number of carbonyl (C=O) groups is 2. The Kier molecular flexibility index (Phi) is 4.95. The molecule has 0 radical (unpaired) electrons. The van der Waals surface area contributed by atoms with Gasteiger partial charge in [-0.3, -0.25) is 9.59 Å². The zero-order chi connectivity index (χ0) is 17.1. The summed E-state index contributed by atoms with van der Waals surface area (Å²) in [6.45, 7) is 3.72. The lowest BCUT2D eigenvalue weighted by molar-refractivity contribution is -0.118. The Hall–Kier alpha value is -2.47. The summed E-state index contributed by atoms with van der Waals surface area (Å²) in [7, 11) is 1.66. The molecular formula is C17H20N2O4. The van der Waals surface area contributed by atoms with Crippen LogP contribution < -0.4 is 0 Å². The zero-order valence-electron chi connectivity index (χ0n) is 13.5. The van der Waals surface area contributed by atoms with Crippen molar-refractivity contribution in [3.63, 3.8) is 0 Å². The molecule has 23 heavy (non-hydrogen) atoms. The quantitative estimate of drug-likeness (QED) is 0.877. The van der Waals surface area contributed by atoms with Gasteiger partial charge in [0.25, 0.3) is 0 Å². The number of rotatable bonds is 4. The van der Waals surface area contributed by atoms with Crippen LogP contribution >= 0.6 is 0 Å². The Morgan fingerprint density at radius 1 is 1.22 bits per heavy atom. The van der Waals surface area contributed by atoms with E-state index in [9.17, 15) is 14.7 Å². The normalized spacial score (nSPS) is 16.7. The number of aromatic hydroxyl groups is 1. The highest BCUT2D eigenvalue weighted by Gasteiger charge is 2.26. The number of aliphatic hydroxyl groups excluding tert-OH is 1. The topological polar surface area (TPSA) is 90.2 Å². The van der Waals surface area contributed by atoms with Crippen LogP contribution in [0.5, 0.6) is 5.75 Å². The number of aliphatic hydroxyl groups is 1. The molecule has 0 atom stereocenters. The minimum Gasteiger partial charge on any atom is -0.508 e. The van der Waals surface area contributed by atoms with Crippen molar-refractivity contribution in [1.82, 2.24) is 4.90 Å². The van der Waals surface area contributed by atoms with Gasteiger partial charge in [0.05, 0.1) is 30.1 Å². The molecule has 0 fully saturated rings. The molecule has 0 amide bonds. The number of hydrogen-bond donors (Lipinski definition) is 2. The minimum atomic E-state index is -0.311. The molecule has 0 heterocycles. The number of ketones is 2. The maximum Gasteiger partial charge on any atom is 0.202 e. The highest BCUT2D eigenvalue weighted by atomic mass is 16.3. The molecule has 2 rings (SSSR count). The Morgan fingerprint density at radius 3 is 2.57 bits per heavy atom. The van der Waals surface area contributed by atoms with Crippen molar-refractivity contribution in [3.05, 3.63) is 35.0 Å². The average Bonchev–Trinajstić information content (AvgIpc) is 2.48. The zero-order valence-corrected chi connectivity index (χ0v) is 13.5. The first-order valence-electron chi connectivity index (χ1n) is 7.32. The van der Waals surface area contributed by atoms with Crippen LogP contribution in [0.4, 0.5) is 5.69 Å². The molecular weight excluding hydrogens is 296 g/mol. The third kappa shape index (κ3) is 3.65. The molecule has 0 unspecified atom stereocenters. The molecule has 6 nitrogen and oxygen atoms in total. The third-order valence-electron chi connectivity index (χ3n) is 3.78. The second-order valence-electron chi connectivity index (χ2n) is 5.62. The Bertz CT molecular complexity index is 720. The van der Waals surface area contributed by atoms with Gasteiger partial charge < -0.3 is 15.1 Å². The van der Waals surface area contributed by atoms with Crippen molar-refractivity contribution in [2.75, 3.05) is 20.2 Å². The summed E-state index contributed by atoms with van der Waals surface area (Å²) in [5.41, 5.74) is 2.43. The van der Waals surface area contributed by atoms with Gasteiger partial charge in [-0.1, -0.05) is 0 Å². The number of aliphatic imine (C=N–C) groups is 1. The number of Topliss-reactive ketones (excluding diaryl/α,β-unsaturated/α-hetero) is 1. The highest BCUT2D eigenvalue weighted by molar-refractivity contribution is 6.50. The van der Waals surface area contributed by atoms with E-state index in [4.69, 9.17) is 5.11 Å². The van der Waals surface area contributed by atoms with Crippen molar-refractivity contribution in [2.45, 2.75) is 20.3 Å². The molecule has 1 aromatic carbocycles. The molecule has 0 bridgehead atoms. The fourth-order valence-corrected chi connectivity index (χ4v) is 2.36. The van der Waals surface area contributed by atoms with Crippen LogP contribution in [0.1, 0.15) is 17.5 Å². The van der Waals surface area contributed by atoms with E-state index in [1.54, 1.807) is 37.9 Å². The molecule has 6 heteroatoms. The van der Waals surface area contributed by atoms with Gasteiger partial charge in [-0.15, -0.1) is 0 Å². The molecule has 0 spiro atoms. The van der Waals surface area contributed by atoms with Gasteiger partial charge in [-0.05, 0) is 37.1 Å². The van der Waals surface area contributed by atoms with Crippen molar-refractivity contribution in [2.24, 2.45) is 4.99 Å². The molecule has 0 aromatic heterocycles. The maximum absolute atomic E-state index is 12.2. The number of carbonyl (C=O) groups excluding carboxylic acids is 2. The second-order valence-corrected chi connectivity index (χ2v) is 5.62. The number of aryl methyl sites for hydroxylation is 2. The van der Waals surface area contributed by atoms with Gasteiger partial charge in [0.2, 0.25) is 5.78 Å². The van der Waals surface area contributed by atoms with E-state index in [0.717, 1.165) is 5.56 Å². The lowest BCUT2D eigenvalue weighted by Crippen LogP contribution is -2.33. The fourth-order valence-electron chi connectivity index (χ4n) is 2.36. The van der Waals surface area contributed by atoms with Crippen molar-refractivity contribution in [1.29, 1.82) is 0 Å². The van der Waals surface area contributed by atoms with Gasteiger partial charge in [-0.25, -0.2) is 4.99 Å². The Morgan fingerprint density at radius 2 is 1.91 bits per heavy atom. The summed E-state index contributed by atoms with van der Waals surface area (Å²) < 4.78 is 0. The Balaban J connectivity index is 2.35. The van der Waals surface area contributed by atoms with E-state index < -0.39 is 0 Å². The predicted octanol–water partition coefficient (Wildman–Crippen LogP) is 1.43. The SMILES string of the molecule is Cc1cc(N=C2CC(=O)C(N(C)CCO)=CC2=O)c(C)cc1O. The van der Waals surface area contributed by atoms with Gasteiger partial charge in [0.15, 0.2) is 5.78 Å².